The lowest BCUT2D eigenvalue weighted by molar-refractivity contribution is 0.281. The van der Waals surface area contributed by atoms with E-state index in [-0.39, 0.29) is 6.61 Å². The van der Waals surface area contributed by atoms with Gasteiger partial charge in [0.15, 0.2) is 0 Å². The number of aliphatic hydroxyl groups excluding tert-OH is 1. The molecule has 0 saturated carbocycles. The molecule has 0 aliphatic heterocycles. The van der Waals surface area contributed by atoms with Gasteiger partial charge in [-0.25, -0.2) is 0 Å². The molecule has 3 heteroatoms. The van der Waals surface area contributed by atoms with Gasteiger partial charge in [-0.15, -0.1) is 0 Å². The van der Waals surface area contributed by atoms with Gasteiger partial charge in [0.25, 0.3) is 0 Å². The molecule has 94 valence electrons. The van der Waals surface area contributed by atoms with Crippen LogP contribution in [0.5, 0.6) is 11.5 Å². The largest absolute Gasteiger partial charge is 0.496 e. The van der Waals surface area contributed by atoms with Crippen molar-refractivity contribution in [3.63, 3.8) is 0 Å². The van der Waals surface area contributed by atoms with Crippen LogP contribution in [0.25, 0.3) is 11.1 Å². The summed E-state index contributed by atoms with van der Waals surface area (Å²) in [4.78, 5) is 0. The minimum absolute atomic E-state index is 0.0371. The Labute approximate surface area is 107 Å². The SMILES string of the molecule is COc1ccccc1-c1c(CO)cccc1OC. The molecule has 0 atom stereocenters. The monoisotopic (exact) mass is 244 g/mol. The second-order valence-corrected chi connectivity index (χ2v) is 3.85. The molecular formula is C15H16O3. The van der Waals surface area contributed by atoms with Crippen molar-refractivity contribution in [1.82, 2.24) is 0 Å². The lowest BCUT2D eigenvalue weighted by Gasteiger charge is -2.15. The first-order valence-corrected chi connectivity index (χ1v) is 5.72. The Bertz CT molecular complexity index is 513. The van der Waals surface area contributed by atoms with Gasteiger partial charge in [-0.1, -0.05) is 30.3 Å². The molecule has 3 nitrogen and oxygen atoms in total. The topological polar surface area (TPSA) is 38.7 Å². The van der Waals surface area contributed by atoms with Crippen LogP contribution >= 0.6 is 0 Å². The van der Waals surface area contributed by atoms with E-state index in [1.807, 2.05) is 42.5 Å². The Hall–Kier alpha value is -2.00. The van der Waals surface area contributed by atoms with Gasteiger partial charge in [0.1, 0.15) is 11.5 Å². The molecule has 0 amide bonds. The van der Waals surface area contributed by atoms with Crippen molar-refractivity contribution in [1.29, 1.82) is 0 Å². The molecule has 0 aliphatic carbocycles. The number of rotatable bonds is 4. The van der Waals surface area contributed by atoms with Crippen molar-refractivity contribution in [2.75, 3.05) is 14.2 Å². The highest BCUT2D eigenvalue weighted by molar-refractivity contribution is 5.78. The molecule has 2 aromatic rings. The van der Waals surface area contributed by atoms with Crippen LogP contribution < -0.4 is 9.47 Å². The van der Waals surface area contributed by atoms with E-state index in [4.69, 9.17) is 9.47 Å². The summed E-state index contributed by atoms with van der Waals surface area (Å²) in [5, 5.41) is 9.47. The Morgan fingerprint density at radius 3 is 2.22 bits per heavy atom. The predicted octanol–water partition coefficient (Wildman–Crippen LogP) is 2.86. The van der Waals surface area contributed by atoms with Crippen LogP contribution in [0.4, 0.5) is 0 Å². The molecule has 0 bridgehead atoms. The summed E-state index contributed by atoms with van der Waals surface area (Å²) in [5.41, 5.74) is 2.61. The average molecular weight is 244 g/mol. The van der Waals surface area contributed by atoms with Crippen LogP contribution in [-0.2, 0) is 6.61 Å². The van der Waals surface area contributed by atoms with Gasteiger partial charge in [0.2, 0.25) is 0 Å². The Morgan fingerprint density at radius 1 is 0.889 bits per heavy atom. The quantitative estimate of drug-likeness (QED) is 0.898. The van der Waals surface area contributed by atoms with Crippen LogP contribution in [0.1, 0.15) is 5.56 Å². The summed E-state index contributed by atoms with van der Waals surface area (Å²) < 4.78 is 10.7. The lowest BCUT2D eigenvalue weighted by Crippen LogP contribution is -1.96. The fraction of sp³-hybridized carbons (Fsp3) is 0.200. The number of hydrogen-bond donors (Lipinski definition) is 1. The van der Waals surface area contributed by atoms with E-state index in [2.05, 4.69) is 0 Å². The normalized spacial score (nSPS) is 10.2. The molecule has 0 heterocycles. The van der Waals surface area contributed by atoms with Crippen LogP contribution in [0.15, 0.2) is 42.5 Å². The second kappa shape index (κ2) is 5.56. The summed E-state index contributed by atoms with van der Waals surface area (Å²) in [7, 11) is 3.25. The van der Waals surface area contributed by atoms with Gasteiger partial charge in [-0.2, -0.15) is 0 Å². The third kappa shape index (κ3) is 2.17. The molecule has 0 aromatic heterocycles. The van der Waals surface area contributed by atoms with Gasteiger partial charge in [-0.05, 0) is 17.7 Å². The van der Waals surface area contributed by atoms with Gasteiger partial charge < -0.3 is 14.6 Å². The van der Waals surface area contributed by atoms with Crippen LogP contribution in [0, 0.1) is 0 Å². The Morgan fingerprint density at radius 2 is 1.56 bits per heavy atom. The standard InChI is InChI=1S/C15H16O3/c1-17-13-8-4-3-7-12(13)15-11(10-16)6-5-9-14(15)18-2/h3-9,16H,10H2,1-2H3. The van der Waals surface area contributed by atoms with Gasteiger partial charge in [-0.3, -0.25) is 0 Å². The van der Waals surface area contributed by atoms with Crippen molar-refractivity contribution in [2.24, 2.45) is 0 Å². The Balaban J connectivity index is 2.68. The Kier molecular flexibility index (Phi) is 3.85. The highest BCUT2D eigenvalue weighted by Crippen LogP contribution is 2.38. The molecule has 0 aliphatic rings. The first-order valence-electron chi connectivity index (χ1n) is 5.72. The summed E-state index contributed by atoms with van der Waals surface area (Å²) in [6.45, 7) is -0.0371. The fourth-order valence-corrected chi connectivity index (χ4v) is 2.04. The van der Waals surface area contributed by atoms with E-state index in [1.165, 1.54) is 0 Å². The maximum atomic E-state index is 9.47. The van der Waals surface area contributed by atoms with Crippen molar-refractivity contribution >= 4 is 0 Å². The molecular weight excluding hydrogens is 228 g/mol. The highest BCUT2D eigenvalue weighted by atomic mass is 16.5. The minimum atomic E-state index is -0.0371. The van der Waals surface area contributed by atoms with E-state index in [9.17, 15) is 5.11 Å². The molecule has 0 radical (unpaired) electrons. The van der Waals surface area contributed by atoms with Crippen LogP contribution in [0.3, 0.4) is 0 Å². The zero-order chi connectivity index (χ0) is 13.0. The van der Waals surface area contributed by atoms with E-state index in [0.29, 0.717) is 0 Å². The van der Waals surface area contributed by atoms with Gasteiger partial charge in [0.05, 0.1) is 20.8 Å². The molecule has 2 rings (SSSR count). The molecule has 0 fully saturated rings. The van der Waals surface area contributed by atoms with E-state index >= 15 is 0 Å². The number of hydrogen-bond acceptors (Lipinski definition) is 3. The zero-order valence-electron chi connectivity index (χ0n) is 10.5. The summed E-state index contributed by atoms with van der Waals surface area (Å²) in [5.74, 6) is 1.49. The number of aliphatic hydroxyl groups is 1. The van der Waals surface area contributed by atoms with E-state index < -0.39 is 0 Å². The molecule has 0 unspecified atom stereocenters. The van der Waals surface area contributed by atoms with Crippen LogP contribution in [0.2, 0.25) is 0 Å². The molecule has 0 spiro atoms. The smallest absolute Gasteiger partial charge is 0.127 e. The number of benzene rings is 2. The van der Waals surface area contributed by atoms with E-state index in [0.717, 1.165) is 28.2 Å². The first kappa shape index (κ1) is 12.5. The third-order valence-corrected chi connectivity index (χ3v) is 2.88. The van der Waals surface area contributed by atoms with Crippen molar-refractivity contribution < 1.29 is 14.6 Å². The van der Waals surface area contributed by atoms with E-state index in [1.54, 1.807) is 14.2 Å². The zero-order valence-corrected chi connectivity index (χ0v) is 10.5. The summed E-state index contributed by atoms with van der Waals surface area (Å²) in [6, 6.07) is 13.3. The lowest BCUT2D eigenvalue weighted by atomic mass is 9.98. The fourth-order valence-electron chi connectivity index (χ4n) is 2.04. The first-order chi connectivity index (χ1) is 8.81. The average Bonchev–Trinajstić information content (AvgIpc) is 2.46. The van der Waals surface area contributed by atoms with Crippen LogP contribution in [-0.4, -0.2) is 19.3 Å². The summed E-state index contributed by atoms with van der Waals surface area (Å²) in [6.07, 6.45) is 0. The molecule has 1 N–H and O–H groups in total. The maximum Gasteiger partial charge on any atom is 0.127 e. The highest BCUT2D eigenvalue weighted by Gasteiger charge is 2.14. The molecule has 0 saturated heterocycles. The number of para-hydroxylation sites is 1. The van der Waals surface area contributed by atoms with Gasteiger partial charge in [0, 0.05) is 11.1 Å². The summed E-state index contributed by atoms with van der Waals surface area (Å²) >= 11 is 0. The minimum Gasteiger partial charge on any atom is -0.496 e. The van der Waals surface area contributed by atoms with Crippen molar-refractivity contribution in [3.8, 4) is 22.6 Å². The maximum absolute atomic E-state index is 9.47. The van der Waals surface area contributed by atoms with Crippen molar-refractivity contribution in [2.45, 2.75) is 6.61 Å². The number of ether oxygens (including phenoxy) is 2. The van der Waals surface area contributed by atoms with Crippen molar-refractivity contribution in [3.05, 3.63) is 48.0 Å². The molecule has 2 aromatic carbocycles. The second-order valence-electron chi connectivity index (χ2n) is 3.85. The predicted molar refractivity (Wildman–Crippen MR) is 70.9 cm³/mol. The number of methoxy groups -OCH3 is 2. The third-order valence-electron chi connectivity index (χ3n) is 2.88. The van der Waals surface area contributed by atoms with Gasteiger partial charge >= 0.3 is 0 Å². The molecule has 18 heavy (non-hydrogen) atoms.